The lowest BCUT2D eigenvalue weighted by Gasteiger charge is -2.12. The van der Waals surface area contributed by atoms with Gasteiger partial charge in [0.15, 0.2) is 6.10 Å². The Labute approximate surface area is 163 Å². The van der Waals surface area contributed by atoms with Crippen molar-refractivity contribution in [1.82, 2.24) is 0 Å². The minimum atomic E-state index is -0.959. The number of amides is 1. The van der Waals surface area contributed by atoms with Crippen LogP contribution in [-0.2, 0) is 14.3 Å². The summed E-state index contributed by atoms with van der Waals surface area (Å²) in [5, 5.41) is 2.67. The standard InChI is InChI=1S/C21H23NO6/c1-14(21(24)22-16-6-8-17(25-2)9-7-16)28-20(23)10-5-15-11-18(26-3)13-19(12-15)27-4/h5-14H,1-4H3,(H,22,24)/b10-5+/t14-/m0/s1. The van der Waals surface area contributed by atoms with Gasteiger partial charge in [0.2, 0.25) is 0 Å². The molecule has 28 heavy (non-hydrogen) atoms. The van der Waals surface area contributed by atoms with Crippen molar-refractivity contribution >= 4 is 23.6 Å². The van der Waals surface area contributed by atoms with E-state index in [9.17, 15) is 9.59 Å². The minimum Gasteiger partial charge on any atom is -0.497 e. The van der Waals surface area contributed by atoms with Crippen molar-refractivity contribution in [1.29, 1.82) is 0 Å². The molecule has 7 heteroatoms. The van der Waals surface area contributed by atoms with E-state index in [0.29, 0.717) is 28.5 Å². The number of methoxy groups -OCH3 is 3. The maximum Gasteiger partial charge on any atom is 0.331 e. The maximum absolute atomic E-state index is 12.2. The zero-order chi connectivity index (χ0) is 20.5. The normalized spacial score (nSPS) is 11.6. The third-order valence-electron chi connectivity index (χ3n) is 3.81. The third kappa shape index (κ3) is 6.05. The first kappa shape index (κ1) is 20.8. The molecule has 2 aromatic rings. The molecule has 0 fully saturated rings. The molecule has 0 aliphatic heterocycles. The van der Waals surface area contributed by atoms with Gasteiger partial charge in [-0.2, -0.15) is 0 Å². The lowest BCUT2D eigenvalue weighted by molar-refractivity contribution is -0.148. The van der Waals surface area contributed by atoms with Gasteiger partial charge in [-0.15, -0.1) is 0 Å². The van der Waals surface area contributed by atoms with Crippen LogP contribution in [0.25, 0.3) is 6.08 Å². The van der Waals surface area contributed by atoms with Crippen molar-refractivity contribution in [2.45, 2.75) is 13.0 Å². The summed E-state index contributed by atoms with van der Waals surface area (Å²) in [5.74, 6) is 0.796. The Morgan fingerprint density at radius 1 is 0.893 bits per heavy atom. The van der Waals surface area contributed by atoms with E-state index < -0.39 is 18.0 Å². The molecule has 2 aromatic carbocycles. The maximum atomic E-state index is 12.2. The van der Waals surface area contributed by atoms with Gasteiger partial charge in [0.05, 0.1) is 21.3 Å². The Balaban J connectivity index is 1.93. The van der Waals surface area contributed by atoms with Crippen LogP contribution in [0.5, 0.6) is 17.2 Å². The van der Waals surface area contributed by atoms with Crippen molar-refractivity contribution in [3.8, 4) is 17.2 Å². The van der Waals surface area contributed by atoms with Crippen LogP contribution in [-0.4, -0.2) is 39.3 Å². The van der Waals surface area contributed by atoms with Crippen molar-refractivity contribution < 1.29 is 28.5 Å². The van der Waals surface area contributed by atoms with E-state index in [1.165, 1.54) is 13.0 Å². The summed E-state index contributed by atoms with van der Waals surface area (Å²) in [6.45, 7) is 1.50. The molecular formula is C21H23NO6. The highest BCUT2D eigenvalue weighted by atomic mass is 16.5. The SMILES string of the molecule is COc1ccc(NC(=O)[C@H](C)OC(=O)/C=C/c2cc(OC)cc(OC)c2)cc1. The number of carbonyl (C=O) groups is 2. The number of benzene rings is 2. The van der Waals surface area contributed by atoms with E-state index in [1.807, 2.05) is 0 Å². The van der Waals surface area contributed by atoms with Gasteiger partial charge in [-0.3, -0.25) is 4.79 Å². The molecule has 0 saturated carbocycles. The number of carbonyl (C=O) groups excluding carboxylic acids is 2. The lowest BCUT2D eigenvalue weighted by Crippen LogP contribution is -2.29. The van der Waals surface area contributed by atoms with Gasteiger partial charge in [0.25, 0.3) is 5.91 Å². The third-order valence-corrected chi connectivity index (χ3v) is 3.81. The largest absolute Gasteiger partial charge is 0.497 e. The summed E-state index contributed by atoms with van der Waals surface area (Å²) in [6.07, 6.45) is 1.84. The van der Waals surface area contributed by atoms with Crippen LogP contribution in [0.4, 0.5) is 5.69 Å². The Kier molecular flexibility index (Phi) is 7.45. The number of nitrogens with one attached hydrogen (secondary N) is 1. The van der Waals surface area contributed by atoms with Gasteiger partial charge in [-0.05, 0) is 55.0 Å². The molecule has 0 aromatic heterocycles. The molecule has 0 aliphatic rings. The average molecular weight is 385 g/mol. The molecule has 1 N–H and O–H groups in total. The van der Waals surface area contributed by atoms with Crippen LogP contribution in [0.15, 0.2) is 48.5 Å². The first-order chi connectivity index (χ1) is 13.4. The summed E-state index contributed by atoms with van der Waals surface area (Å²) in [4.78, 5) is 24.2. The molecule has 2 rings (SSSR count). The highest BCUT2D eigenvalue weighted by Crippen LogP contribution is 2.23. The van der Waals surface area contributed by atoms with Crippen LogP contribution in [0.3, 0.4) is 0 Å². The zero-order valence-electron chi connectivity index (χ0n) is 16.2. The van der Waals surface area contributed by atoms with Gasteiger partial charge in [-0.1, -0.05) is 0 Å². The average Bonchev–Trinajstić information content (AvgIpc) is 2.72. The van der Waals surface area contributed by atoms with E-state index in [-0.39, 0.29) is 0 Å². The molecule has 0 unspecified atom stereocenters. The predicted molar refractivity (Wildman–Crippen MR) is 106 cm³/mol. The fourth-order valence-electron chi connectivity index (χ4n) is 2.28. The topological polar surface area (TPSA) is 83.1 Å². The number of anilines is 1. The molecule has 1 amide bonds. The molecule has 0 saturated heterocycles. The van der Waals surface area contributed by atoms with Gasteiger partial charge in [-0.25, -0.2) is 4.79 Å². The molecule has 0 bridgehead atoms. The number of ether oxygens (including phenoxy) is 4. The molecule has 0 spiro atoms. The summed E-state index contributed by atoms with van der Waals surface area (Å²) in [5.41, 5.74) is 1.27. The fraction of sp³-hybridized carbons (Fsp3) is 0.238. The summed E-state index contributed by atoms with van der Waals surface area (Å²) >= 11 is 0. The molecule has 1 atom stereocenters. The van der Waals surface area contributed by atoms with Crippen molar-refractivity contribution in [3.63, 3.8) is 0 Å². The monoisotopic (exact) mass is 385 g/mol. The van der Waals surface area contributed by atoms with Crippen LogP contribution >= 0.6 is 0 Å². The zero-order valence-corrected chi connectivity index (χ0v) is 16.2. The second-order valence-corrected chi connectivity index (χ2v) is 5.78. The molecule has 0 aliphatic carbocycles. The second kappa shape index (κ2) is 10.0. The Morgan fingerprint density at radius 2 is 1.46 bits per heavy atom. The van der Waals surface area contributed by atoms with Crippen LogP contribution in [0.2, 0.25) is 0 Å². The smallest absolute Gasteiger partial charge is 0.331 e. The molecule has 0 heterocycles. The van der Waals surface area contributed by atoms with Gasteiger partial charge < -0.3 is 24.3 Å². The molecule has 0 radical (unpaired) electrons. The quantitative estimate of drug-likeness (QED) is 0.555. The lowest BCUT2D eigenvalue weighted by atomic mass is 10.2. The first-order valence-corrected chi connectivity index (χ1v) is 8.52. The Bertz CT molecular complexity index is 822. The van der Waals surface area contributed by atoms with Crippen LogP contribution in [0, 0.1) is 0 Å². The van der Waals surface area contributed by atoms with E-state index >= 15 is 0 Å². The number of hydrogen-bond acceptors (Lipinski definition) is 6. The Morgan fingerprint density at radius 3 is 2.00 bits per heavy atom. The highest BCUT2D eigenvalue weighted by Gasteiger charge is 2.16. The number of rotatable bonds is 8. The number of hydrogen-bond donors (Lipinski definition) is 1. The fourth-order valence-corrected chi connectivity index (χ4v) is 2.28. The highest BCUT2D eigenvalue weighted by molar-refractivity contribution is 5.96. The molecule has 148 valence electrons. The predicted octanol–water partition coefficient (Wildman–Crippen LogP) is 3.30. The van der Waals surface area contributed by atoms with Gasteiger partial charge in [0, 0.05) is 17.8 Å². The van der Waals surface area contributed by atoms with Crippen LogP contribution in [0.1, 0.15) is 12.5 Å². The van der Waals surface area contributed by atoms with Crippen molar-refractivity contribution in [2.75, 3.05) is 26.6 Å². The van der Waals surface area contributed by atoms with E-state index in [1.54, 1.807) is 69.9 Å². The second-order valence-electron chi connectivity index (χ2n) is 5.78. The first-order valence-electron chi connectivity index (χ1n) is 8.52. The molecular weight excluding hydrogens is 362 g/mol. The van der Waals surface area contributed by atoms with E-state index in [2.05, 4.69) is 5.32 Å². The summed E-state index contributed by atoms with van der Waals surface area (Å²) in [7, 11) is 4.64. The summed E-state index contributed by atoms with van der Waals surface area (Å²) < 4.78 is 20.6. The van der Waals surface area contributed by atoms with Crippen LogP contribution < -0.4 is 19.5 Å². The van der Waals surface area contributed by atoms with Crippen molar-refractivity contribution in [3.05, 3.63) is 54.1 Å². The minimum absolute atomic E-state index is 0.435. The van der Waals surface area contributed by atoms with Gasteiger partial charge in [0.1, 0.15) is 17.2 Å². The number of esters is 1. The van der Waals surface area contributed by atoms with Crippen molar-refractivity contribution in [2.24, 2.45) is 0 Å². The Hall–Kier alpha value is -3.48. The van der Waals surface area contributed by atoms with E-state index in [4.69, 9.17) is 18.9 Å². The summed E-state index contributed by atoms with van der Waals surface area (Å²) in [6, 6.07) is 12.0. The van der Waals surface area contributed by atoms with Gasteiger partial charge >= 0.3 is 5.97 Å². The van der Waals surface area contributed by atoms with E-state index in [0.717, 1.165) is 0 Å². The molecule has 7 nitrogen and oxygen atoms in total.